The number of nitrogens with two attached hydrogens (primary N) is 1. The number of nitrogens with zero attached hydrogens (tertiary/aromatic N) is 1. The number of hydrogen-bond acceptors (Lipinski definition) is 3. The number of likely N-dealkylation sites (tertiary alicyclic amines) is 1. The van der Waals surface area contributed by atoms with E-state index in [0.29, 0.717) is 12.1 Å². The molecule has 3 heteroatoms. The van der Waals surface area contributed by atoms with Crippen molar-refractivity contribution in [2.75, 3.05) is 13.1 Å². The molecule has 3 atom stereocenters. The molecule has 3 unspecified atom stereocenters. The molecule has 1 aliphatic carbocycles. The lowest BCUT2D eigenvalue weighted by molar-refractivity contribution is -0.0379. The molecule has 2 fully saturated rings. The van der Waals surface area contributed by atoms with E-state index in [1.807, 2.05) is 6.92 Å². The Morgan fingerprint density at radius 1 is 1.27 bits per heavy atom. The molecule has 0 spiro atoms. The summed E-state index contributed by atoms with van der Waals surface area (Å²) in [5, 5.41) is 10.1. The first-order valence-corrected chi connectivity index (χ1v) is 6.30. The number of aliphatic hydroxyl groups is 1. The Balaban J connectivity index is 1.96. The Labute approximate surface area is 92.6 Å². The second-order valence-corrected chi connectivity index (χ2v) is 5.59. The van der Waals surface area contributed by atoms with E-state index in [1.54, 1.807) is 0 Å². The molecule has 15 heavy (non-hydrogen) atoms. The molecule has 3 N–H and O–H groups in total. The van der Waals surface area contributed by atoms with Gasteiger partial charge in [0.05, 0.1) is 5.60 Å². The van der Waals surface area contributed by atoms with Gasteiger partial charge in [-0.1, -0.05) is 12.8 Å². The summed E-state index contributed by atoms with van der Waals surface area (Å²) in [6, 6.07) is 0.846. The van der Waals surface area contributed by atoms with Gasteiger partial charge in [0.1, 0.15) is 0 Å². The van der Waals surface area contributed by atoms with Gasteiger partial charge in [-0.2, -0.15) is 0 Å². The van der Waals surface area contributed by atoms with E-state index < -0.39 is 5.60 Å². The van der Waals surface area contributed by atoms with E-state index in [0.717, 1.165) is 32.4 Å². The quantitative estimate of drug-likeness (QED) is 0.684. The SMILES string of the molecule is CC1(O)CCCN(C2CCCCC2N)C1. The van der Waals surface area contributed by atoms with Gasteiger partial charge in [-0.25, -0.2) is 0 Å². The van der Waals surface area contributed by atoms with E-state index >= 15 is 0 Å². The molecule has 2 rings (SSSR count). The molecule has 88 valence electrons. The first kappa shape index (κ1) is 11.4. The molecule has 3 nitrogen and oxygen atoms in total. The second-order valence-electron chi connectivity index (χ2n) is 5.59. The van der Waals surface area contributed by atoms with E-state index in [9.17, 15) is 5.11 Å². The summed E-state index contributed by atoms with van der Waals surface area (Å²) in [4.78, 5) is 2.42. The predicted molar refractivity (Wildman–Crippen MR) is 61.7 cm³/mol. The lowest BCUT2D eigenvalue weighted by Gasteiger charge is -2.44. The highest BCUT2D eigenvalue weighted by Crippen LogP contribution is 2.28. The molecule has 0 radical (unpaired) electrons. The molecule has 0 aromatic heterocycles. The fraction of sp³-hybridized carbons (Fsp3) is 1.00. The third-order valence-corrected chi connectivity index (χ3v) is 3.95. The molecular formula is C12H24N2O. The lowest BCUT2D eigenvalue weighted by Crippen LogP contribution is -2.56. The van der Waals surface area contributed by atoms with Crippen LogP contribution in [-0.4, -0.2) is 40.8 Å². The fourth-order valence-corrected chi connectivity index (χ4v) is 3.14. The van der Waals surface area contributed by atoms with Crippen molar-refractivity contribution in [3.05, 3.63) is 0 Å². The van der Waals surface area contributed by atoms with Crippen LogP contribution in [0, 0.1) is 0 Å². The van der Waals surface area contributed by atoms with Crippen molar-refractivity contribution in [2.45, 2.75) is 63.1 Å². The summed E-state index contributed by atoms with van der Waals surface area (Å²) in [6.45, 7) is 3.88. The largest absolute Gasteiger partial charge is 0.389 e. The molecule has 0 aromatic carbocycles. The van der Waals surface area contributed by atoms with Crippen LogP contribution >= 0.6 is 0 Å². The molecule has 0 aromatic rings. The van der Waals surface area contributed by atoms with Crippen molar-refractivity contribution in [1.29, 1.82) is 0 Å². The maximum atomic E-state index is 10.1. The van der Waals surface area contributed by atoms with Crippen molar-refractivity contribution in [3.8, 4) is 0 Å². The maximum absolute atomic E-state index is 10.1. The van der Waals surface area contributed by atoms with Crippen LogP contribution in [0.5, 0.6) is 0 Å². The standard InChI is InChI=1S/C12H24N2O/c1-12(15)7-4-8-14(9-12)11-6-3-2-5-10(11)13/h10-11,15H,2-9,13H2,1H3. The molecule has 0 amide bonds. The zero-order valence-corrected chi connectivity index (χ0v) is 9.78. The molecular weight excluding hydrogens is 188 g/mol. The Bertz CT molecular complexity index is 218. The van der Waals surface area contributed by atoms with Crippen LogP contribution in [0.2, 0.25) is 0 Å². The second kappa shape index (κ2) is 4.40. The van der Waals surface area contributed by atoms with E-state index in [-0.39, 0.29) is 0 Å². The van der Waals surface area contributed by atoms with Gasteiger partial charge in [-0.15, -0.1) is 0 Å². The van der Waals surface area contributed by atoms with Crippen LogP contribution in [-0.2, 0) is 0 Å². The minimum Gasteiger partial charge on any atom is -0.389 e. The van der Waals surface area contributed by atoms with Gasteiger partial charge in [-0.3, -0.25) is 4.90 Å². The summed E-state index contributed by atoms with van der Waals surface area (Å²) < 4.78 is 0. The van der Waals surface area contributed by atoms with Crippen LogP contribution in [0.25, 0.3) is 0 Å². The van der Waals surface area contributed by atoms with Crippen LogP contribution < -0.4 is 5.73 Å². The van der Waals surface area contributed by atoms with Gasteiger partial charge >= 0.3 is 0 Å². The van der Waals surface area contributed by atoms with Crippen molar-refractivity contribution in [3.63, 3.8) is 0 Å². The van der Waals surface area contributed by atoms with Crippen molar-refractivity contribution in [2.24, 2.45) is 5.73 Å². The fourth-order valence-electron chi connectivity index (χ4n) is 3.14. The molecule has 1 saturated carbocycles. The minimum absolute atomic E-state index is 0.327. The molecule has 2 aliphatic rings. The highest BCUT2D eigenvalue weighted by molar-refractivity contribution is 4.92. The number of piperidine rings is 1. The molecule has 0 bridgehead atoms. The first-order valence-electron chi connectivity index (χ1n) is 6.30. The average Bonchev–Trinajstić information content (AvgIpc) is 2.17. The van der Waals surface area contributed by atoms with Crippen LogP contribution in [0.4, 0.5) is 0 Å². The van der Waals surface area contributed by atoms with Gasteiger partial charge in [-0.05, 0) is 39.2 Å². The van der Waals surface area contributed by atoms with Gasteiger partial charge < -0.3 is 10.8 Å². The summed E-state index contributed by atoms with van der Waals surface area (Å²) in [7, 11) is 0. The average molecular weight is 212 g/mol. The smallest absolute Gasteiger partial charge is 0.0746 e. The molecule has 1 aliphatic heterocycles. The highest BCUT2D eigenvalue weighted by Gasteiger charge is 2.35. The van der Waals surface area contributed by atoms with Gasteiger partial charge in [0, 0.05) is 18.6 Å². The summed E-state index contributed by atoms with van der Waals surface area (Å²) in [6.07, 6.45) is 7.00. The van der Waals surface area contributed by atoms with E-state index in [2.05, 4.69) is 4.90 Å². The molecule has 1 saturated heterocycles. The molecule has 1 heterocycles. The van der Waals surface area contributed by atoms with E-state index in [4.69, 9.17) is 5.73 Å². The Hall–Kier alpha value is -0.120. The van der Waals surface area contributed by atoms with Crippen LogP contribution in [0.1, 0.15) is 45.4 Å². The zero-order valence-electron chi connectivity index (χ0n) is 9.78. The van der Waals surface area contributed by atoms with Crippen molar-refractivity contribution in [1.82, 2.24) is 4.90 Å². The Morgan fingerprint density at radius 3 is 2.67 bits per heavy atom. The summed E-state index contributed by atoms with van der Waals surface area (Å²) in [5.41, 5.74) is 5.68. The third kappa shape index (κ3) is 2.71. The third-order valence-electron chi connectivity index (χ3n) is 3.95. The minimum atomic E-state index is -0.491. The Morgan fingerprint density at radius 2 is 2.00 bits per heavy atom. The van der Waals surface area contributed by atoms with Gasteiger partial charge in [0.15, 0.2) is 0 Å². The zero-order chi connectivity index (χ0) is 10.9. The Kier molecular flexibility index (Phi) is 3.33. The number of hydrogen-bond donors (Lipinski definition) is 2. The number of rotatable bonds is 1. The van der Waals surface area contributed by atoms with E-state index in [1.165, 1.54) is 19.3 Å². The lowest BCUT2D eigenvalue weighted by atomic mass is 9.86. The van der Waals surface area contributed by atoms with Crippen molar-refractivity contribution >= 4 is 0 Å². The normalized spacial score (nSPS) is 44.2. The van der Waals surface area contributed by atoms with Gasteiger partial charge in [0.25, 0.3) is 0 Å². The van der Waals surface area contributed by atoms with Gasteiger partial charge in [0.2, 0.25) is 0 Å². The maximum Gasteiger partial charge on any atom is 0.0746 e. The van der Waals surface area contributed by atoms with Crippen LogP contribution in [0.15, 0.2) is 0 Å². The first-order chi connectivity index (χ1) is 7.08. The topological polar surface area (TPSA) is 49.5 Å². The number of β-amino-alcohol motifs (C(OH)–C–C–N with tert-alkyl or cyclic N) is 1. The predicted octanol–water partition coefficient (Wildman–Crippen LogP) is 1.10. The monoisotopic (exact) mass is 212 g/mol. The van der Waals surface area contributed by atoms with Crippen LogP contribution in [0.3, 0.4) is 0 Å². The highest BCUT2D eigenvalue weighted by atomic mass is 16.3. The summed E-state index contributed by atoms with van der Waals surface area (Å²) in [5.74, 6) is 0. The summed E-state index contributed by atoms with van der Waals surface area (Å²) >= 11 is 0. The van der Waals surface area contributed by atoms with Crippen molar-refractivity contribution < 1.29 is 5.11 Å².